The van der Waals surface area contributed by atoms with Crippen molar-refractivity contribution < 1.29 is 0 Å². The molecule has 3 saturated heterocycles. The fraction of sp³-hybridized carbons (Fsp3) is 1.00. The van der Waals surface area contributed by atoms with Crippen LogP contribution in [0.3, 0.4) is 0 Å². The molecule has 0 radical (unpaired) electrons. The van der Waals surface area contributed by atoms with Gasteiger partial charge in [0.25, 0.3) is 0 Å². The molecule has 1 spiro atoms. The van der Waals surface area contributed by atoms with E-state index in [9.17, 15) is 0 Å². The van der Waals surface area contributed by atoms with Gasteiger partial charge in [0.05, 0.1) is 0 Å². The Labute approximate surface area is 116 Å². The van der Waals surface area contributed by atoms with Gasteiger partial charge in [-0.1, -0.05) is 0 Å². The minimum atomic E-state index is 0. The number of piperidine rings is 1. The predicted molar refractivity (Wildman–Crippen MR) is 78.3 cm³/mol. The van der Waals surface area contributed by atoms with Crippen LogP contribution in [0.15, 0.2) is 0 Å². The Morgan fingerprint density at radius 2 is 2.06 bits per heavy atom. The lowest BCUT2D eigenvalue weighted by Gasteiger charge is -2.34. The molecule has 0 aliphatic carbocycles. The van der Waals surface area contributed by atoms with Crippen LogP contribution in [0, 0.1) is 11.3 Å². The van der Waals surface area contributed by atoms with E-state index >= 15 is 0 Å². The normalized spacial score (nSPS) is 32.8. The van der Waals surface area contributed by atoms with Crippen LogP contribution in [0.2, 0.25) is 0 Å². The van der Waals surface area contributed by atoms with Crippen molar-refractivity contribution in [3.63, 3.8) is 0 Å². The fourth-order valence-electron chi connectivity index (χ4n) is 3.64. The summed E-state index contributed by atoms with van der Waals surface area (Å²) in [5, 5.41) is 3.50. The highest BCUT2D eigenvalue weighted by atomic mass is 35.5. The zero-order valence-corrected chi connectivity index (χ0v) is 12.3. The summed E-state index contributed by atoms with van der Waals surface area (Å²) < 4.78 is 0. The predicted octanol–water partition coefficient (Wildman–Crippen LogP) is 2.24. The summed E-state index contributed by atoms with van der Waals surface area (Å²) in [5.74, 6) is 3.83. The summed E-state index contributed by atoms with van der Waals surface area (Å²) in [6, 6.07) is 0. The lowest BCUT2D eigenvalue weighted by Crippen LogP contribution is -2.39. The largest absolute Gasteiger partial charge is 0.317 e. The second-order valence-corrected chi connectivity index (χ2v) is 7.11. The zero-order valence-electron chi connectivity index (χ0n) is 10.6. The van der Waals surface area contributed by atoms with Gasteiger partial charge in [-0.2, -0.15) is 11.8 Å². The van der Waals surface area contributed by atoms with Crippen LogP contribution < -0.4 is 5.32 Å². The number of halogens is 1. The third-order valence-electron chi connectivity index (χ3n) is 4.72. The summed E-state index contributed by atoms with van der Waals surface area (Å²) in [5.41, 5.74) is 0.705. The van der Waals surface area contributed by atoms with Crippen LogP contribution in [-0.4, -0.2) is 49.1 Å². The molecule has 4 heteroatoms. The van der Waals surface area contributed by atoms with Crippen molar-refractivity contribution in [1.82, 2.24) is 10.2 Å². The van der Waals surface area contributed by atoms with Gasteiger partial charge in [-0.25, -0.2) is 0 Å². The highest BCUT2D eigenvalue weighted by Gasteiger charge is 2.39. The minimum absolute atomic E-state index is 0. The van der Waals surface area contributed by atoms with Crippen LogP contribution in [-0.2, 0) is 0 Å². The Balaban J connectivity index is 0.00000108. The maximum Gasteiger partial charge on any atom is 0.00395 e. The van der Waals surface area contributed by atoms with Crippen LogP contribution >= 0.6 is 24.2 Å². The Morgan fingerprint density at radius 3 is 2.76 bits per heavy atom. The van der Waals surface area contributed by atoms with Crippen molar-refractivity contribution in [3.8, 4) is 0 Å². The highest BCUT2D eigenvalue weighted by molar-refractivity contribution is 7.99. The van der Waals surface area contributed by atoms with E-state index in [0.717, 1.165) is 5.92 Å². The Kier molecular flexibility index (Phi) is 5.05. The number of hydrogen-bond acceptors (Lipinski definition) is 3. The fourth-order valence-corrected chi connectivity index (χ4v) is 4.91. The van der Waals surface area contributed by atoms with Gasteiger partial charge in [-0.05, 0) is 68.2 Å². The molecule has 0 amide bonds. The van der Waals surface area contributed by atoms with Crippen molar-refractivity contribution in [2.24, 2.45) is 11.3 Å². The maximum absolute atomic E-state index is 3.50. The monoisotopic (exact) mass is 276 g/mol. The molecule has 100 valence electrons. The molecule has 1 atom stereocenters. The molecule has 0 bridgehead atoms. The molecule has 1 N–H and O–H groups in total. The molecular formula is C13H25ClN2S. The number of thioether (sulfide) groups is 1. The topological polar surface area (TPSA) is 15.3 Å². The average molecular weight is 277 g/mol. The van der Waals surface area contributed by atoms with Crippen LogP contribution in [0.1, 0.15) is 25.7 Å². The third-order valence-corrected chi connectivity index (χ3v) is 5.95. The number of nitrogens with one attached hydrogen (secondary N) is 1. The summed E-state index contributed by atoms with van der Waals surface area (Å²) >= 11 is 2.16. The van der Waals surface area contributed by atoms with Crippen molar-refractivity contribution in [2.75, 3.05) is 44.2 Å². The number of hydrogen-bond donors (Lipinski definition) is 1. The van der Waals surface area contributed by atoms with E-state index in [0.29, 0.717) is 5.41 Å². The summed E-state index contributed by atoms with van der Waals surface area (Å²) in [7, 11) is 0. The van der Waals surface area contributed by atoms with Gasteiger partial charge in [-0.3, -0.25) is 0 Å². The van der Waals surface area contributed by atoms with Gasteiger partial charge in [0.15, 0.2) is 0 Å². The van der Waals surface area contributed by atoms with Crippen molar-refractivity contribution in [1.29, 1.82) is 0 Å². The number of nitrogens with zero attached hydrogens (tertiary/aromatic N) is 1. The first kappa shape index (κ1) is 14.0. The molecule has 0 aromatic carbocycles. The first-order valence-corrected chi connectivity index (χ1v) is 8.03. The highest BCUT2D eigenvalue weighted by Crippen LogP contribution is 2.39. The SMILES string of the molecule is C1CC2(CCN1)CCN(CC1CCSC1)C2.Cl. The smallest absolute Gasteiger partial charge is 0.00395 e. The first-order valence-electron chi connectivity index (χ1n) is 6.87. The van der Waals surface area contributed by atoms with E-state index in [-0.39, 0.29) is 12.4 Å². The quantitative estimate of drug-likeness (QED) is 0.833. The molecule has 3 fully saturated rings. The zero-order chi connectivity index (χ0) is 10.8. The van der Waals surface area contributed by atoms with Crippen molar-refractivity contribution in [3.05, 3.63) is 0 Å². The lowest BCUT2D eigenvalue weighted by atomic mass is 9.78. The van der Waals surface area contributed by atoms with Gasteiger partial charge in [0.1, 0.15) is 0 Å². The minimum Gasteiger partial charge on any atom is -0.317 e. The second-order valence-electron chi connectivity index (χ2n) is 5.96. The van der Waals surface area contributed by atoms with Crippen LogP contribution in [0.25, 0.3) is 0 Å². The van der Waals surface area contributed by atoms with E-state index in [2.05, 4.69) is 22.0 Å². The molecule has 3 rings (SSSR count). The molecule has 3 aliphatic rings. The molecule has 3 aliphatic heterocycles. The molecule has 2 nitrogen and oxygen atoms in total. The van der Waals surface area contributed by atoms with Crippen molar-refractivity contribution >= 4 is 24.2 Å². The molecule has 0 saturated carbocycles. The summed E-state index contributed by atoms with van der Waals surface area (Å²) in [4.78, 5) is 2.77. The number of likely N-dealkylation sites (tertiary alicyclic amines) is 1. The van der Waals surface area contributed by atoms with Crippen molar-refractivity contribution in [2.45, 2.75) is 25.7 Å². The van der Waals surface area contributed by atoms with Crippen LogP contribution in [0.4, 0.5) is 0 Å². The molecule has 1 unspecified atom stereocenters. The van der Waals surface area contributed by atoms with Gasteiger partial charge in [0, 0.05) is 13.1 Å². The van der Waals surface area contributed by atoms with Gasteiger partial charge in [0.2, 0.25) is 0 Å². The lowest BCUT2D eigenvalue weighted by molar-refractivity contribution is 0.188. The Hall–Kier alpha value is 0.560. The number of rotatable bonds is 2. The second kappa shape index (κ2) is 6.14. The average Bonchev–Trinajstić information content (AvgIpc) is 2.92. The Bertz CT molecular complexity index is 238. The van der Waals surface area contributed by atoms with Crippen LogP contribution in [0.5, 0.6) is 0 Å². The molecular weight excluding hydrogens is 252 g/mol. The third kappa shape index (κ3) is 3.31. The molecule has 0 aromatic heterocycles. The van der Waals surface area contributed by atoms with E-state index in [4.69, 9.17) is 0 Å². The van der Waals surface area contributed by atoms with Gasteiger partial charge < -0.3 is 10.2 Å². The first-order chi connectivity index (χ1) is 7.86. The van der Waals surface area contributed by atoms with E-state index in [1.807, 2.05) is 0 Å². The van der Waals surface area contributed by atoms with E-state index < -0.39 is 0 Å². The van der Waals surface area contributed by atoms with Gasteiger partial charge in [-0.15, -0.1) is 12.4 Å². The van der Waals surface area contributed by atoms with E-state index in [1.54, 1.807) is 0 Å². The summed E-state index contributed by atoms with van der Waals surface area (Å²) in [6.07, 6.45) is 5.77. The van der Waals surface area contributed by atoms with Gasteiger partial charge >= 0.3 is 0 Å². The maximum atomic E-state index is 3.50. The summed E-state index contributed by atoms with van der Waals surface area (Å²) in [6.45, 7) is 6.68. The molecule has 3 heterocycles. The van der Waals surface area contributed by atoms with E-state index in [1.165, 1.54) is 69.9 Å². The molecule has 0 aromatic rings. The standard InChI is InChI=1S/C13H24N2S.ClH/c1-8-16-10-12(1)9-15-7-4-13(11-15)2-5-14-6-3-13;/h12,14H,1-11H2;1H. The Morgan fingerprint density at radius 1 is 1.24 bits per heavy atom. The molecule has 17 heavy (non-hydrogen) atoms.